The Morgan fingerprint density at radius 2 is 1.16 bits per heavy atom. The second-order valence-electron chi connectivity index (χ2n) is 7.50. The van der Waals surface area contributed by atoms with Crippen LogP contribution in [0.5, 0.6) is 23.0 Å². The van der Waals surface area contributed by atoms with Crippen LogP contribution in [0.2, 0.25) is 0 Å². The lowest BCUT2D eigenvalue weighted by molar-refractivity contribution is -0.133. The summed E-state index contributed by atoms with van der Waals surface area (Å²) >= 11 is 0. The van der Waals surface area contributed by atoms with Gasteiger partial charge in [0.25, 0.3) is 0 Å². The first-order valence-corrected chi connectivity index (χ1v) is 10.2. The van der Waals surface area contributed by atoms with Gasteiger partial charge >= 0.3 is 0 Å². The molecule has 0 saturated heterocycles. The molecule has 0 N–H and O–H groups in total. The molecule has 1 amide bonds. The summed E-state index contributed by atoms with van der Waals surface area (Å²) in [5.41, 5.74) is 2.02. The van der Waals surface area contributed by atoms with E-state index in [2.05, 4.69) is 6.92 Å². The maximum atomic E-state index is 13.0. The van der Waals surface area contributed by atoms with Crippen LogP contribution in [0.15, 0.2) is 36.4 Å². The number of likely N-dealkylation sites (N-methyl/N-ethyl adjacent to an activating group) is 2. The topological polar surface area (TPSA) is 60.5 Å². The fraction of sp³-hybridized carbons (Fsp3) is 0.458. The van der Waals surface area contributed by atoms with Crippen LogP contribution in [0.3, 0.4) is 0 Å². The van der Waals surface area contributed by atoms with Crippen LogP contribution in [0.4, 0.5) is 0 Å². The van der Waals surface area contributed by atoms with Gasteiger partial charge in [0, 0.05) is 13.1 Å². The van der Waals surface area contributed by atoms with Gasteiger partial charge in [0.05, 0.1) is 41.0 Å². The summed E-state index contributed by atoms with van der Waals surface area (Å²) in [5.74, 6) is 2.69. The first kappa shape index (κ1) is 24.3. The Labute approximate surface area is 185 Å². The van der Waals surface area contributed by atoms with E-state index >= 15 is 0 Å². The number of rotatable bonds is 10. The van der Waals surface area contributed by atoms with Gasteiger partial charge < -0.3 is 23.8 Å². The molecule has 7 nitrogen and oxygen atoms in total. The van der Waals surface area contributed by atoms with Crippen LogP contribution in [-0.4, -0.2) is 64.8 Å². The van der Waals surface area contributed by atoms with Gasteiger partial charge in [0.2, 0.25) is 5.91 Å². The quantitative estimate of drug-likeness (QED) is 0.569. The van der Waals surface area contributed by atoms with E-state index in [1.165, 1.54) is 0 Å². The predicted octanol–water partition coefficient (Wildman–Crippen LogP) is 3.93. The molecular formula is C24H34N2O5. The van der Waals surface area contributed by atoms with Crippen molar-refractivity contribution in [2.45, 2.75) is 25.9 Å². The second-order valence-corrected chi connectivity index (χ2v) is 7.50. The Morgan fingerprint density at radius 3 is 1.58 bits per heavy atom. The molecule has 0 heterocycles. The minimum Gasteiger partial charge on any atom is -0.493 e. The summed E-state index contributed by atoms with van der Waals surface area (Å²) in [7, 11) is 10.2. The highest BCUT2D eigenvalue weighted by Crippen LogP contribution is 2.33. The van der Waals surface area contributed by atoms with E-state index in [1.807, 2.05) is 62.3 Å². The average Bonchev–Trinajstić information content (AvgIpc) is 2.81. The molecule has 31 heavy (non-hydrogen) atoms. The van der Waals surface area contributed by atoms with Gasteiger partial charge in [-0.05, 0) is 56.3 Å². The van der Waals surface area contributed by atoms with Crippen molar-refractivity contribution < 1.29 is 23.7 Å². The number of nitrogens with zero attached hydrogens (tertiary/aromatic N) is 2. The molecule has 2 rings (SSSR count). The standard InChI is InChI=1S/C24H34N2O5/c1-16(18-9-11-20(28-5)22(13-18)30-7)25(3)15-24(27)26(4)17(2)19-10-12-21(29-6)23(14-19)31-8/h9-14,16-17H,15H2,1-8H3/t16-,17+/m1/s1. The van der Waals surface area contributed by atoms with Crippen molar-refractivity contribution in [2.75, 3.05) is 49.1 Å². The minimum atomic E-state index is -0.114. The third-order valence-corrected chi connectivity index (χ3v) is 5.80. The number of hydrogen-bond acceptors (Lipinski definition) is 6. The molecule has 0 spiro atoms. The molecule has 2 atom stereocenters. The molecular weight excluding hydrogens is 396 g/mol. The highest BCUT2D eigenvalue weighted by atomic mass is 16.5. The highest BCUT2D eigenvalue weighted by Gasteiger charge is 2.23. The molecule has 0 aromatic heterocycles. The van der Waals surface area contributed by atoms with Crippen molar-refractivity contribution in [3.05, 3.63) is 47.5 Å². The van der Waals surface area contributed by atoms with Crippen molar-refractivity contribution in [1.82, 2.24) is 9.80 Å². The van der Waals surface area contributed by atoms with Gasteiger partial charge in [0.15, 0.2) is 23.0 Å². The van der Waals surface area contributed by atoms with Crippen LogP contribution in [-0.2, 0) is 4.79 Å². The molecule has 170 valence electrons. The zero-order valence-corrected chi connectivity index (χ0v) is 19.8. The maximum Gasteiger partial charge on any atom is 0.237 e. The Balaban J connectivity index is 2.09. The Hall–Kier alpha value is -2.93. The molecule has 0 aliphatic heterocycles. The third kappa shape index (κ3) is 5.61. The molecule has 0 radical (unpaired) electrons. The maximum absolute atomic E-state index is 13.0. The monoisotopic (exact) mass is 430 g/mol. The number of methoxy groups -OCH3 is 4. The second kappa shape index (κ2) is 10.9. The van der Waals surface area contributed by atoms with Gasteiger partial charge in [-0.1, -0.05) is 12.1 Å². The first-order chi connectivity index (χ1) is 14.8. The van der Waals surface area contributed by atoms with Crippen molar-refractivity contribution in [1.29, 1.82) is 0 Å². The van der Waals surface area contributed by atoms with E-state index in [9.17, 15) is 4.79 Å². The summed E-state index contributed by atoms with van der Waals surface area (Å²) < 4.78 is 21.4. The number of benzene rings is 2. The van der Waals surface area contributed by atoms with E-state index in [-0.39, 0.29) is 24.5 Å². The van der Waals surface area contributed by atoms with Crippen LogP contribution >= 0.6 is 0 Å². The zero-order chi connectivity index (χ0) is 23.1. The van der Waals surface area contributed by atoms with Gasteiger partial charge in [-0.15, -0.1) is 0 Å². The average molecular weight is 431 g/mol. The minimum absolute atomic E-state index is 0.0218. The highest BCUT2D eigenvalue weighted by molar-refractivity contribution is 5.78. The molecule has 0 aliphatic rings. The zero-order valence-electron chi connectivity index (χ0n) is 19.8. The summed E-state index contributed by atoms with van der Waals surface area (Å²) in [6, 6.07) is 11.4. The normalized spacial score (nSPS) is 12.8. The fourth-order valence-electron chi connectivity index (χ4n) is 3.38. The van der Waals surface area contributed by atoms with E-state index in [4.69, 9.17) is 18.9 Å². The summed E-state index contributed by atoms with van der Waals surface area (Å²) in [6.45, 7) is 4.34. The molecule has 0 unspecified atom stereocenters. The SMILES string of the molecule is COc1ccc([C@@H](C)N(C)CC(=O)N(C)[C@@H](C)c2ccc(OC)c(OC)c2)cc1OC. The molecule has 0 fully saturated rings. The lowest BCUT2D eigenvalue weighted by atomic mass is 10.1. The van der Waals surface area contributed by atoms with Crippen LogP contribution < -0.4 is 18.9 Å². The lowest BCUT2D eigenvalue weighted by Gasteiger charge is -2.30. The van der Waals surface area contributed by atoms with E-state index < -0.39 is 0 Å². The Morgan fingerprint density at radius 1 is 0.742 bits per heavy atom. The van der Waals surface area contributed by atoms with Gasteiger partial charge in [-0.25, -0.2) is 0 Å². The van der Waals surface area contributed by atoms with Crippen LogP contribution in [0.1, 0.15) is 37.1 Å². The molecule has 0 aliphatic carbocycles. The Bertz CT molecular complexity index is 886. The first-order valence-electron chi connectivity index (χ1n) is 10.2. The van der Waals surface area contributed by atoms with Gasteiger partial charge in [-0.2, -0.15) is 0 Å². The van der Waals surface area contributed by atoms with Gasteiger partial charge in [-0.3, -0.25) is 9.69 Å². The number of carbonyl (C=O) groups excluding carboxylic acids is 1. The smallest absolute Gasteiger partial charge is 0.237 e. The van der Waals surface area contributed by atoms with Crippen molar-refractivity contribution in [3.8, 4) is 23.0 Å². The van der Waals surface area contributed by atoms with Crippen LogP contribution in [0, 0.1) is 0 Å². The van der Waals surface area contributed by atoms with Crippen molar-refractivity contribution >= 4 is 5.91 Å². The number of carbonyl (C=O) groups is 1. The summed E-state index contributed by atoms with van der Waals surface area (Å²) in [5, 5.41) is 0. The van der Waals surface area contributed by atoms with E-state index in [0.29, 0.717) is 23.0 Å². The molecule has 2 aromatic carbocycles. The van der Waals surface area contributed by atoms with E-state index in [0.717, 1.165) is 11.1 Å². The van der Waals surface area contributed by atoms with Crippen molar-refractivity contribution in [3.63, 3.8) is 0 Å². The van der Waals surface area contributed by atoms with Crippen molar-refractivity contribution in [2.24, 2.45) is 0 Å². The molecule has 0 saturated carbocycles. The summed E-state index contributed by atoms with van der Waals surface area (Å²) in [4.78, 5) is 16.8. The Kier molecular flexibility index (Phi) is 8.56. The number of ether oxygens (including phenoxy) is 4. The van der Waals surface area contributed by atoms with Crippen LogP contribution in [0.25, 0.3) is 0 Å². The number of amides is 1. The molecule has 7 heteroatoms. The van der Waals surface area contributed by atoms with Gasteiger partial charge in [0.1, 0.15) is 0 Å². The fourth-order valence-corrected chi connectivity index (χ4v) is 3.38. The molecule has 2 aromatic rings. The molecule has 0 bridgehead atoms. The number of hydrogen-bond donors (Lipinski definition) is 0. The summed E-state index contributed by atoms with van der Waals surface area (Å²) in [6.07, 6.45) is 0. The third-order valence-electron chi connectivity index (χ3n) is 5.80. The largest absolute Gasteiger partial charge is 0.493 e. The van der Waals surface area contributed by atoms with E-state index in [1.54, 1.807) is 33.3 Å². The predicted molar refractivity (Wildman–Crippen MR) is 121 cm³/mol. The lowest BCUT2D eigenvalue weighted by Crippen LogP contribution is -2.38.